The molecule has 0 bridgehead atoms. The molecule has 0 aliphatic heterocycles. The fourth-order valence-electron chi connectivity index (χ4n) is 1.65. The van der Waals surface area contributed by atoms with E-state index in [1.54, 1.807) is 0 Å². The number of nitrogens with two attached hydrogens (primary N) is 1. The van der Waals surface area contributed by atoms with Crippen LogP contribution >= 0.6 is 0 Å². The van der Waals surface area contributed by atoms with Gasteiger partial charge in [0.05, 0.1) is 16.8 Å². The zero-order valence-electron chi connectivity index (χ0n) is 10.5. The van der Waals surface area contributed by atoms with Crippen molar-refractivity contribution in [3.05, 3.63) is 28.8 Å². The lowest BCUT2D eigenvalue weighted by Gasteiger charge is -2.08. The SMILES string of the molecule is CCCCC(=O)c1cc(C(=O)O)c(N)c(C(=O)O)c1. The van der Waals surface area contributed by atoms with Crippen LogP contribution < -0.4 is 5.73 Å². The number of hydrogen-bond donors (Lipinski definition) is 3. The molecule has 6 heteroatoms. The van der Waals surface area contributed by atoms with E-state index < -0.39 is 11.9 Å². The van der Waals surface area contributed by atoms with Crippen LogP contribution in [0.2, 0.25) is 0 Å². The van der Waals surface area contributed by atoms with E-state index in [2.05, 4.69) is 0 Å². The first-order valence-electron chi connectivity index (χ1n) is 5.81. The van der Waals surface area contributed by atoms with Crippen LogP contribution in [0.4, 0.5) is 5.69 Å². The average Bonchev–Trinajstić information content (AvgIpc) is 2.35. The Morgan fingerprint density at radius 1 is 1.11 bits per heavy atom. The summed E-state index contributed by atoms with van der Waals surface area (Å²) >= 11 is 0. The third-order valence-corrected chi connectivity index (χ3v) is 2.72. The number of nitrogen functional groups attached to an aromatic ring is 1. The molecule has 0 unspecified atom stereocenters. The molecular formula is C13H15NO5. The molecular weight excluding hydrogens is 250 g/mol. The van der Waals surface area contributed by atoms with Crippen molar-refractivity contribution >= 4 is 23.4 Å². The molecule has 1 aromatic carbocycles. The van der Waals surface area contributed by atoms with Gasteiger partial charge in [0.2, 0.25) is 0 Å². The van der Waals surface area contributed by atoms with Gasteiger partial charge >= 0.3 is 11.9 Å². The van der Waals surface area contributed by atoms with Crippen LogP contribution in [-0.4, -0.2) is 27.9 Å². The Bertz CT molecular complexity index is 501. The Balaban J connectivity index is 3.30. The summed E-state index contributed by atoms with van der Waals surface area (Å²) in [6.45, 7) is 1.92. The number of carbonyl (C=O) groups excluding carboxylic acids is 1. The summed E-state index contributed by atoms with van der Waals surface area (Å²) in [6, 6.07) is 2.25. The number of benzene rings is 1. The molecule has 102 valence electrons. The molecule has 0 amide bonds. The minimum atomic E-state index is -1.36. The predicted molar refractivity (Wildman–Crippen MR) is 68.6 cm³/mol. The van der Waals surface area contributed by atoms with Crippen LogP contribution in [0.15, 0.2) is 12.1 Å². The molecule has 19 heavy (non-hydrogen) atoms. The zero-order chi connectivity index (χ0) is 14.6. The molecule has 0 heterocycles. The van der Waals surface area contributed by atoms with Gasteiger partial charge in [0.1, 0.15) is 0 Å². The van der Waals surface area contributed by atoms with Crippen LogP contribution in [0.3, 0.4) is 0 Å². The van der Waals surface area contributed by atoms with E-state index >= 15 is 0 Å². The summed E-state index contributed by atoms with van der Waals surface area (Å²) in [4.78, 5) is 33.8. The first kappa shape index (κ1) is 14.7. The van der Waals surface area contributed by atoms with E-state index in [4.69, 9.17) is 15.9 Å². The summed E-state index contributed by atoms with van der Waals surface area (Å²) in [5.74, 6) is -3.00. The van der Waals surface area contributed by atoms with Crippen molar-refractivity contribution < 1.29 is 24.6 Å². The fourth-order valence-corrected chi connectivity index (χ4v) is 1.65. The van der Waals surface area contributed by atoms with Gasteiger partial charge in [0.15, 0.2) is 5.78 Å². The number of carboxylic acid groups (broad SMARTS) is 2. The van der Waals surface area contributed by atoms with Crippen molar-refractivity contribution in [1.29, 1.82) is 0 Å². The van der Waals surface area contributed by atoms with Crippen molar-refractivity contribution in [2.45, 2.75) is 26.2 Å². The number of unbranched alkanes of at least 4 members (excludes halogenated alkanes) is 1. The minimum absolute atomic E-state index is 0.0671. The van der Waals surface area contributed by atoms with E-state index in [1.165, 1.54) is 0 Å². The van der Waals surface area contributed by atoms with Gasteiger partial charge in [0.25, 0.3) is 0 Å². The molecule has 0 spiro atoms. The number of ketones is 1. The Morgan fingerprint density at radius 2 is 1.58 bits per heavy atom. The monoisotopic (exact) mass is 265 g/mol. The highest BCUT2D eigenvalue weighted by atomic mass is 16.4. The van der Waals surface area contributed by atoms with Crippen LogP contribution in [0, 0.1) is 0 Å². The van der Waals surface area contributed by atoms with Crippen molar-refractivity contribution in [2.24, 2.45) is 0 Å². The minimum Gasteiger partial charge on any atom is -0.478 e. The third-order valence-electron chi connectivity index (χ3n) is 2.72. The Morgan fingerprint density at radius 3 is 1.95 bits per heavy atom. The lowest BCUT2D eigenvalue weighted by Crippen LogP contribution is -2.12. The van der Waals surface area contributed by atoms with Crippen molar-refractivity contribution in [2.75, 3.05) is 5.73 Å². The molecule has 6 nitrogen and oxygen atoms in total. The quantitative estimate of drug-likeness (QED) is 0.535. The van der Waals surface area contributed by atoms with Gasteiger partial charge in [-0.2, -0.15) is 0 Å². The molecule has 0 saturated heterocycles. The molecule has 0 aromatic heterocycles. The number of rotatable bonds is 6. The molecule has 0 aliphatic rings. The topological polar surface area (TPSA) is 118 Å². The number of hydrogen-bond acceptors (Lipinski definition) is 4. The average molecular weight is 265 g/mol. The number of anilines is 1. The molecule has 4 N–H and O–H groups in total. The molecule has 0 radical (unpaired) electrons. The Kier molecular flexibility index (Phi) is 4.63. The van der Waals surface area contributed by atoms with E-state index in [-0.39, 0.29) is 34.6 Å². The normalized spacial score (nSPS) is 10.2. The maximum atomic E-state index is 11.8. The van der Waals surface area contributed by atoms with Gasteiger partial charge in [-0.3, -0.25) is 4.79 Å². The summed E-state index contributed by atoms with van der Waals surface area (Å²) < 4.78 is 0. The van der Waals surface area contributed by atoms with Crippen LogP contribution in [0.1, 0.15) is 57.3 Å². The molecule has 0 atom stereocenters. The fraction of sp³-hybridized carbons (Fsp3) is 0.308. The van der Waals surface area contributed by atoms with Crippen molar-refractivity contribution in [3.8, 4) is 0 Å². The maximum absolute atomic E-state index is 11.8. The molecule has 0 aliphatic carbocycles. The highest BCUT2D eigenvalue weighted by Gasteiger charge is 2.20. The van der Waals surface area contributed by atoms with Gasteiger partial charge < -0.3 is 15.9 Å². The van der Waals surface area contributed by atoms with Crippen LogP contribution in [0.25, 0.3) is 0 Å². The standard InChI is InChI=1S/C13H15NO5/c1-2-3-4-10(15)7-5-8(12(16)17)11(14)9(6-7)13(18)19/h5-6H,2-4,14H2,1H3,(H,16,17)(H,18,19). The first-order chi connectivity index (χ1) is 8.88. The highest BCUT2D eigenvalue weighted by molar-refractivity contribution is 6.07. The number of Topliss-reactive ketones (excluding diaryl/α,β-unsaturated/α-hetero) is 1. The molecule has 1 aromatic rings. The summed E-state index contributed by atoms with van der Waals surface area (Å²) in [5, 5.41) is 17.9. The molecule has 0 saturated carbocycles. The van der Waals surface area contributed by atoms with E-state index in [0.29, 0.717) is 6.42 Å². The summed E-state index contributed by atoms with van der Waals surface area (Å²) in [5.41, 5.74) is 4.49. The van der Waals surface area contributed by atoms with Crippen molar-refractivity contribution in [3.63, 3.8) is 0 Å². The molecule has 0 fully saturated rings. The second kappa shape index (κ2) is 5.99. The van der Waals surface area contributed by atoms with E-state index in [9.17, 15) is 14.4 Å². The number of carbonyl (C=O) groups is 3. The van der Waals surface area contributed by atoms with Gasteiger partial charge in [0, 0.05) is 12.0 Å². The first-order valence-corrected chi connectivity index (χ1v) is 5.81. The largest absolute Gasteiger partial charge is 0.478 e. The summed E-state index contributed by atoms with van der Waals surface area (Å²) in [7, 11) is 0. The number of carboxylic acids is 2. The Hall–Kier alpha value is -2.37. The second-order valence-corrected chi connectivity index (χ2v) is 4.12. The highest BCUT2D eigenvalue weighted by Crippen LogP contribution is 2.22. The summed E-state index contributed by atoms with van der Waals surface area (Å²) in [6.07, 6.45) is 1.73. The second-order valence-electron chi connectivity index (χ2n) is 4.12. The van der Waals surface area contributed by atoms with E-state index in [1.807, 2.05) is 6.92 Å². The Labute approximate surface area is 109 Å². The van der Waals surface area contributed by atoms with Gasteiger partial charge in [-0.1, -0.05) is 13.3 Å². The van der Waals surface area contributed by atoms with E-state index in [0.717, 1.165) is 18.6 Å². The van der Waals surface area contributed by atoms with Gasteiger partial charge in [-0.25, -0.2) is 9.59 Å². The van der Waals surface area contributed by atoms with Crippen molar-refractivity contribution in [1.82, 2.24) is 0 Å². The third kappa shape index (κ3) is 3.31. The smallest absolute Gasteiger partial charge is 0.337 e. The zero-order valence-corrected chi connectivity index (χ0v) is 10.5. The lowest BCUT2D eigenvalue weighted by molar-refractivity contribution is 0.0696. The van der Waals surface area contributed by atoms with Gasteiger partial charge in [-0.05, 0) is 18.6 Å². The predicted octanol–water partition coefficient (Wildman–Crippen LogP) is 2.04. The van der Waals surface area contributed by atoms with Crippen LogP contribution in [-0.2, 0) is 0 Å². The lowest BCUT2D eigenvalue weighted by atomic mass is 9.98. The van der Waals surface area contributed by atoms with Crippen LogP contribution in [0.5, 0.6) is 0 Å². The van der Waals surface area contributed by atoms with Gasteiger partial charge in [-0.15, -0.1) is 0 Å². The molecule has 1 rings (SSSR count). The number of aromatic carboxylic acids is 2. The maximum Gasteiger partial charge on any atom is 0.337 e.